The highest BCUT2D eigenvalue weighted by atomic mass is 16.8. The van der Waals surface area contributed by atoms with Gasteiger partial charge < -0.3 is 18.9 Å². The van der Waals surface area contributed by atoms with Gasteiger partial charge in [-0.2, -0.15) is 0 Å². The number of para-hydroxylation sites is 2. The highest BCUT2D eigenvalue weighted by Crippen LogP contribution is 2.23. The van der Waals surface area contributed by atoms with Crippen LogP contribution in [-0.4, -0.2) is 30.8 Å². The largest absolute Gasteiger partial charge is 0.421 e. The number of carbonyl (C=O) groups is 3. The lowest BCUT2D eigenvalue weighted by molar-refractivity contribution is -0.235. The van der Waals surface area contributed by atoms with Crippen molar-refractivity contribution in [1.29, 1.82) is 0 Å². The van der Waals surface area contributed by atoms with E-state index in [0.717, 1.165) is 19.3 Å². The first-order chi connectivity index (χ1) is 17.1. The lowest BCUT2D eigenvalue weighted by Crippen LogP contribution is -2.55. The molecule has 0 radical (unpaired) electrons. The lowest BCUT2D eigenvalue weighted by Gasteiger charge is -2.27. The second-order valence-electron chi connectivity index (χ2n) is 8.27. The molecule has 0 aliphatic rings. The van der Waals surface area contributed by atoms with E-state index in [1.54, 1.807) is 36.4 Å². The van der Waals surface area contributed by atoms with E-state index in [4.69, 9.17) is 18.9 Å². The first kappa shape index (κ1) is 28.1. The third-order valence-electron chi connectivity index (χ3n) is 5.46. The van der Waals surface area contributed by atoms with Crippen LogP contribution in [0.1, 0.15) is 71.1 Å². The fourth-order valence-electron chi connectivity index (χ4n) is 3.53. The summed E-state index contributed by atoms with van der Waals surface area (Å²) in [7, 11) is 0. The van der Waals surface area contributed by atoms with Crippen LogP contribution in [0, 0.1) is 0 Å². The molecule has 7 nitrogen and oxygen atoms in total. The van der Waals surface area contributed by atoms with E-state index in [1.807, 2.05) is 0 Å². The number of rotatable bonds is 18. The number of carbonyl (C=O) groups excluding carboxylic acids is 3. The van der Waals surface area contributed by atoms with Crippen molar-refractivity contribution in [2.75, 3.05) is 6.61 Å². The van der Waals surface area contributed by atoms with Crippen molar-refractivity contribution in [3.8, 4) is 11.5 Å². The standard InChI is InChI=1S/C28H36O7/c1-2-3-4-5-6-7-8-9-10-17-22-32-28(33-23-29,26(30)34-24-18-13-11-14-19-24)27(31)35-25-20-15-12-16-21-25/h11-16,18-21,23H,2-10,17,22H2,1H3. The molecule has 0 amide bonds. The van der Waals surface area contributed by atoms with Crippen LogP contribution in [0.4, 0.5) is 0 Å². The summed E-state index contributed by atoms with van der Waals surface area (Å²) in [6, 6.07) is 16.3. The molecule has 7 heteroatoms. The van der Waals surface area contributed by atoms with Crippen molar-refractivity contribution in [3.63, 3.8) is 0 Å². The van der Waals surface area contributed by atoms with Crippen LogP contribution in [0.15, 0.2) is 60.7 Å². The molecule has 0 aromatic heterocycles. The molecule has 0 atom stereocenters. The number of hydrogen-bond donors (Lipinski definition) is 0. The fraction of sp³-hybridized carbons (Fsp3) is 0.464. The van der Waals surface area contributed by atoms with E-state index in [0.29, 0.717) is 6.42 Å². The van der Waals surface area contributed by atoms with Crippen LogP contribution in [0.2, 0.25) is 0 Å². The fourth-order valence-corrected chi connectivity index (χ4v) is 3.53. The van der Waals surface area contributed by atoms with Crippen LogP contribution in [0.3, 0.4) is 0 Å². The molecule has 0 aliphatic carbocycles. The number of esters is 2. The van der Waals surface area contributed by atoms with E-state index in [1.165, 1.54) is 62.8 Å². The Bertz CT molecular complexity index is 814. The van der Waals surface area contributed by atoms with Crippen LogP contribution in [0.5, 0.6) is 11.5 Å². The number of hydrogen-bond acceptors (Lipinski definition) is 7. The summed E-state index contributed by atoms with van der Waals surface area (Å²) in [6.45, 7) is 2.20. The molecule has 0 bridgehead atoms. The van der Waals surface area contributed by atoms with Gasteiger partial charge >= 0.3 is 17.7 Å². The average molecular weight is 485 g/mol. The molecule has 2 aromatic rings. The minimum atomic E-state index is -2.67. The molecule has 0 N–H and O–H groups in total. The van der Waals surface area contributed by atoms with Gasteiger partial charge in [0.05, 0.1) is 6.61 Å². The SMILES string of the molecule is CCCCCCCCCCCCOC(OC=O)(C(=O)Oc1ccccc1)C(=O)Oc1ccccc1. The Morgan fingerprint density at radius 3 is 1.54 bits per heavy atom. The summed E-state index contributed by atoms with van der Waals surface area (Å²) in [6.07, 6.45) is 11.1. The van der Waals surface area contributed by atoms with Gasteiger partial charge in [-0.05, 0) is 30.7 Å². The molecule has 0 spiro atoms. The topological polar surface area (TPSA) is 88.1 Å². The summed E-state index contributed by atoms with van der Waals surface area (Å²) in [5.74, 6) is -4.71. The first-order valence-corrected chi connectivity index (χ1v) is 12.4. The quantitative estimate of drug-likeness (QED) is 0.0640. The van der Waals surface area contributed by atoms with Gasteiger partial charge in [0, 0.05) is 0 Å². The second kappa shape index (κ2) is 16.4. The Hall–Kier alpha value is -3.19. The summed E-state index contributed by atoms with van der Waals surface area (Å²) in [5.41, 5.74) is 0. The molecule has 0 fully saturated rings. The van der Waals surface area contributed by atoms with Gasteiger partial charge in [0.25, 0.3) is 6.47 Å². The Morgan fingerprint density at radius 2 is 1.11 bits per heavy atom. The van der Waals surface area contributed by atoms with Gasteiger partial charge in [0.1, 0.15) is 11.5 Å². The maximum absolute atomic E-state index is 13.0. The number of unbranched alkanes of at least 4 members (excludes halogenated alkanes) is 9. The minimum Gasteiger partial charge on any atom is -0.421 e. The Kier molecular flexibility index (Phi) is 13.2. The molecule has 0 saturated heterocycles. The average Bonchev–Trinajstić information content (AvgIpc) is 2.87. The Morgan fingerprint density at radius 1 is 0.686 bits per heavy atom. The summed E-state index contributed by atoms with van der Waals surface area (Å²) in [5, 5.41) is 0. The molecule has 2 rings (SSSR count). The van der Waals surface area contributed by atoms with Crippen LogP contribution < -0.4 is 9.47 Å². The van der Waals surface area contributed by atoms with Gasteiger partial charge in [-0.3, -0.25) is 4.79 Å². The van der Waals surface area contributed by atoms with Gasteiger partial charge in [-0.25, -0.2) is 9.59 Å². The molecule has 0 saturated carbocycles. The van der Waals surface area contributed by atoms with Crippen LogP contribution >= 0.6 is 0 Å². The molecular formula is C28H36O7. The summed E-state index contributed by atoms with van der Waals surface area (Å²) >= 11 is 0. The van der Waals surface area contributed by atoms with Crippen molar-refractivity contribution >= 4 is 18.4 Å². The Labute approximate surface area is 207 Å². The van der Waals surface area contributed by atoms with E-state index in [9.17, 15) is 14.4 Å². The minimum absolute atomic E-state index is 0.0120. The Balaban J connectivity index is 1.97. The maximum Gasteiger partial charge on any atom is 0.414 e. The van der Waals surface area contributed by atoms with Crippen LogP contribution in [0.25, 0.3) is 0 Å². The highest BCUT2D eigenvalue weighted by molar-refractivity contribution is 6.04. The highest BCUT2D eigenvalue weighted by Gasteiger charge is 2.55. The second-order valence-corrected chi connectivity index (χ2v) is 8.27. The zero-order valence-corrected chi connectivity index (χ0v) is 20.5. The third kappa shape index (κ3) is 9.91. The van der Waals surface area contributed by atoms with E-state index in [-0.39, 0.29) is 24.6 Å². The summed E-state index contributed by atoms with van der Waals surface area (Å²) in [4.78, 5) is 37.4. The van der Waals surface area contributed by atoms with Gasteiger partial charge in [0.2, 0.25) is 0 Å². The number of ether oxygens (including phenoxy) is 4. The molecule has 35 heavy (non-hydrogen) atoms. The smallest absolute Gasteiger partial charge is 0.414 e. The van der Waals surface area contributed by atoms with Gasteiger partial charge in [-0.15, -0.1) is 0 Å². The molecule has 0 aliphatic heterocycles. The normalized spacial score (nSPS) is 11.0. The maximum atomic E-state index is 13.0. The van der Waals surface area contributed by atoms with Crippen molar-refractivity contribution in [1.82, 2.24) is 0 Å². The predicted molar refractivity (Wildman–Crippen MR) is 132 cm³/mol. The van der Waals surface area contributed by atoms with E-state index >= 15 is 0 Å². The van der Waals surface area contributed by atoms with Crippen molar-refractivity contribution < 1.29 is 33.3 Å². The number of benzene rings is 2. The first-order valence-electron chi connectivity index (χ1n) is 12.4. The predicted octanol–water partition coefficient (Wildman–Crippen LogP) is 6.00. The third-order valence-corrected chi connectivity index (χ3v) is 5.46. The van der Waals surface area contributed by atoms with E-state index in [2.05, 4.69) is 6.92 Å². The molecule has 190 valence electrons. The summed E-state index contributed by atoms with van der Waals surface area (Å²) < 4.78 is 21.1. The van der Waals surface area contributed by atoms with E-state index < -0.39 is 17.7 Å². The zero-order valence-electron chi connectivity index (χ0n) is 20.5. The zero-order chi connectivity index (χ0) is 25.2. The van der Waals surface area contributed by atoms with Crippen molar-refractivity contribution in [2.45, 2.75) is 76.9 Å². The van der Waals surface area contributed by atoms with Crippen molar-refractivity contribution in [2.24, 2.45) is 0 Å². The molecule has 0 unspecified atom stereocenters. The molecule has 2 aromatic carbocycles. The van der Waals surface area contributed by atoms with Crippen molar-refractivity contribution in [3.05, 3.63) is 60.7 Å². The van der Waals surface area contributed by atoms with Crippen LogP contribution in [-0.2, 0) is 23.9 Å². The molecular weight excluding hydrogens is 448 g/mol. The monoisotopic (exact) mass is 484 g/mol. The van der Waals surface area contributed by atoms with Gasteiger partial charge in [-0.1, -0.05) is 101 Å². The molecule has 0 heterocycles. The lowest BCUT2D eigenvalue weighted by atomic mass is 10.1. The van der Waals surface area contributed by atoms with Gasteiger partial charge in [0.15, 0.2) is 0 Å².